The number of carboxylic acids is 1. The third kappa shape index (κ3) is 4.95. The van der Waals surface area contributed by atoms with Crippen molar-refractivity contribution in [2.24, 2.45) is 5.73 Å². The molecule has 1 fully saturated rings. The summed E-state index contributed by atoms with van der Waals surface area (Å²) >= 11 is 0. The molecule has 0 aromatic heterocycles. The number of nitrogen functional groups attached to an aromatic ring is 1. The fourth-order valence-electron chi connectivity index (χ4n) is 2.77. The number of rotatable bonds is 7. The first kappa shape index (κ1) is 19.2. The van der Waals surface area contributed by atoms with Crippen molar-refractivity contribution >= 4 is 23.8 Å². The molecule has 26 heavy (non-hydrogen) atoms. The number of hydrogen-bond acceptors (Lipinski definition) is 5. The van der Waals surface area contributed by atoms with E-state index in [0.29, 0.717) is 12.0 Å². The first-order valence-corrected chi connectivity index (χ1v) is 8.14. The number of amides is 2. The normalized spacial score (nSPS) is 19.6. The maximum Gasteiger partial charge on any atom is 0.410 e. The molecule has 1 aromatic carbocycles. The van der Waals surface area contributed by atoms with Crippen molar-refractivity contribution in [3.8, 4) is 0 Å². The summed E-state index contributed by atoms with van der Waals surface area (Å²) in [6.45, 7) is 0.0324. The average Bonchev–Trinajstić information content (AvgIpc) is 2.57. The second kappa shape index (κ2) is 8.32. The molecule has 1 aromatic rings. The zero-order valence-corrected chi connectivity index (χ0v) is 14.4. The van der Waals surface area contributed by atoms with Gasteiger partial charge in [-0.1, -0.05) is 24.3 Å². The first-order chi connectivity index (χ1) is 12.3. The summed E-state index contributed by atoms with van der Waals surface area (Å²) in [4.78, 5) is 35.9. The number of cyclic esters (lactones) is 1. The average molecular weight is 362 g/mol. The van der Waals surface area contributed by atoms with Gasteiger partial charge in [-0.2, -0.15) is 0 Å². The van der Waals surface area contributed by atoms with Gasteiger partial charge in [0.2, 0.25) is 5.91 Å². The van der Waals surface area contributed by atoms with E-state index in [0.717, 1.165) is 5.56 Å². The predicted octanol–water partition coefficient (Wildman–Crippen LogP) is 0.833. The molecule has 0 radical (unpaired) electrons. The van der Waals surface area contributed by atoms with E-state index in [1.807, 2.05) is 0 Å². The van der Waals surface area contributed by atoms with E-state index in [4.69, 9.17) is 21.0 Å². The third-order valence-electron chi connectivity index (χ3n) is 4.19. The van der Waals surface area contributed by atoms with Crippen LogP contribution in [0.2, 0.25) is 0 Å². The molecule has 9 nitrogen and oxygen atoms in total. The number of hydrogen-bond donors (Lipinski definition) is 4. The molecule has 2 amide bonds. The van der Waals surface area contributed by atoms with Crippen LogP contribution < -0.4 is 11.1 Å². The van der Waals surface area contributed by atoms with Crippen LogP contribution in [-0.4, -0.2) is 53.5 Å². The second-order valence-corrected chi connectivity index (χ2v) is 6.10. The van der Waals surface area contributed by atoms with Crippen LogP contribution in [0.15, 0.2) is 24.3 Å². The number of amidine groups is 1. The Bertz CT molecular complexity index is 704. The molecule has 0 unspecified atom stereocenters. The number of ether oxygens (including phenoxy) is 1. The fraction of sp³-hybridized carbons (Fsp3) is 0.412. The Morgan fingerprint density at radius 2 is 2.04 bits per heavy atom. The molecule has 2 rings (SSSR count). The highest BCUT2D eigenvalue weighted by atomic mass is 16.6. The van der Waals surface area contributed by atoms with Gasteiger partial charge in [0.1, 0.15) is 11.9 Å². The SMILES string of the molecule is CN1C(=O)O[C@@H](CC(=O)NCCC(=O)O)C[C@@H]1c1ccc(C(=N)N)cc1. The second-order valence-electron chi connectivity index (χ2n) is 6.10. The minimum atomic E-state index is -0.995. The molecule has 1 aliphatic heterocycles. The summed E-state index contributed by atoms with van der Waals surface area (Å²) in [5, 5.41) is 18.5. The topological polar surface area (TPSA) is 146 Å². The largest absolute Gasteiger partial charge is 0.481 e. The van der Waals surface area contributed by atoms with Crippen LogP contribution in [0.3, 0.4) is 0 Å². The van der Waals surface area contributed by atoms with E-state index in [9.17, 15) is 14.4 Å². The Kier molecular flexibility index (Phi) is 6.16. The van der Waals surface area contributed by atoms with Crippen molar-refractivity contribution in [2.75, 3.05) is 13.6 Å². The van der Waals surface area contributed by atoms with Crippen molar-refractivity contribution < 1.29 is 24.2 Å². The summed E-state index contributed by atoms with van der Waals surface area (Å²) in [7, 11) is 1.62. The smallest absolute Gasteiger partial charge is 0.410 e. The molecular formula is C17H22N4O5. The maximum absolute atomic E-state index is 12.1. The highest BCUT2D eigenvalue weighted by molar-refractivity contribution is 5.94. The van der Waals surface area contributed by atoms with Crippen molar-refractivity contribution in [2.45, 2.75) is 31.4 Å². The number of nitrogens with zero attached hydrogens (tertiary/aromatic N) is 1. The first-order valence-electron chi connectivity index (χ1n) is 8.14. The van der Waals surface area contributed by atoms with Crippen LogP contribution >= 0.6 is 0 Å². The van der Waals surface area contributed by atoms with E-state index in [1.54, 1.807) is 31.3 Å². The highest BCUT2D eigenvalue weighted by Gasteiger charge is 2.34. The molecule has 0 bridgehead atoms. The van der Waals surface area contributed by atoms with Crippen LogP contribution in [0.25, 0.3) is 0 Å². The zero-order chi connectivity index (χ0) is 19.3. The Labute approximate surface area is 150 Å². The van der Waals surface area contributed by atoms with Crippen molar-refractivity contribution in [3.63, 3.8) is 0 Å². The van der Waals surface area contributed by atoms with E-state index >= 15 is 0 Å². The Morgan fingerprint density at radius 1 is 1.38 bits per heavy atom. The van der Waals surface area contributed by atoms with Crippen molar-refractivity contribution in [1.29, 1.82) is 5.41 Å². The molecule has 0 spiro atoms. The molecular weight excluding hydrogens is 340 g/mol. The standard InChI is InChI=1S/C17H22N4O5/c1-21-13(10-2-4-11(5-3-10)16(18)19)8-12(26-17(21)25)9-14(22)20-7-6-15(23)24/h2-5,12-13H,6-9H2,1H3,(H3,18,19)(H,20,22)(H,23,24)/t12-,13-/m1/s1. The molecule has 9 heteroatoms. The maximum atomic E-state index is 12.1. The Balaban J connectivity index is 2.01. The van der Waals surface area contributed by atoms with Crippen LogP contribution in [-0.2, 0) is 14.3 Å². The minimum Gasteiger partial charge on any atom is -0.481 e. The van der Waals surface area contributed by atoms with Gasteiger partial charge < -0.3 is 25.8 Å². The van der Waals surface area contributed by atoms with E-state index in [-0.39, 0.29) is 37.2 Å². The van der Waals surface area contributed by atoms with Gasteiger partial charge in [0.15, 0.2) is 0 Å². The molecule has 1 aliphatic rings. The number of carbonyl (C=O) groups is 3. The number of aliphatic carboxylic acids is 1. The summed E-state index contributed by atoms with van der Waals surface area (Å²) < 4.78 is 5.27. The molecule has 5 N–H and O–H groups in total. The van der Waals surface area contributed by atoms with Gasteiger partial charge in [0, 0.05) is 25.6 Å². The highest BCUT2D eigenvalue weighted by Crippen LogP contribution is 2.31. The van der Waals surface area contributed by atoms with Gasteiger partial charge in [0.25, 0.3) is 0 Å². The van der Waals surface area contributed by atoms with Crippen molar-refractivity contribution in [1.82, 2.24) is 10.2 Å². The molecule has 1 heterocycles. The number of carboxylic acid groups (broad SMARTS) is 1. The summed E-state index contributed by atoms with van der Waals surface area (Å²) in [6.07, 6.45) is -0.888. The number of carbonyl (C=O) groups excluding carboxylic acids is 2. The summed E-state index contributed by atoms with van der Waals surface area (Å²) in [5.74, 6) is -1.40. The predicted molar refractivity (Wildman–Crippen MR) is 92.7 cm³/mol. The Hall–Kier alpha value is -3.10. The van der Waals surface area contributed by atoms with Gasteiger partial charge in [-0.25, -0.2) is 4.79 Å². The van der Waals surface area contributed by atoms with Gasteiger partial charge in [-0.15, -0.1) is 0 Å². The van der Waals surface area contributed by atoms with E-state index < -0.39 is 18.2 Å². The van der Waals surface area contributed by atoms with Gasteiger partial charge in [-0.05, 0) is 5.56 Å². The molecule has 1 saturated heterocycles. The quantitative estimate of drug-likeness (QED) is 0.417. The van der Waals surface area contributed by atoms with E-state index in [1.165, 1.54) is 4.90 Å². The summed E-state index contributed by atoms with van der Waals surface area (Å²) in [6, 6.07) is 6.73. The van der Waals surface area contributed by atoms with Crippen LogP contribution in [0.1, 0.15) is 36.4 Å². The van der Waals surface area contributed by atoms with Crippen LogP contribution in [0.4, 0.5) is 4.79 Å². The van der Waals surface area contributed by atoms with Crippen LogP contribution in [0.5, 0.6) is 0 Å². The fourth-order valence-corrected chi connectivity index (χ4v) is 2.77. The Morgan fingerprint density at radius 3 is 2.62 bits per heavy atom. The zero-order valence-electron chi connectivity index (χ0n) is 14.4. The molecule has 140 valence electrons. The summed E-state index contributed by atoms with van der Waals surface area (Å²) in [5.41, 5.74) is 6.88. The third-order valence-corrected chi connectivity index (χ3v) is 4.19. The lowest BCUT2D eigenvalue weighted by Gasteiger charge is -2.36. The number of benzene rings is 1. The number of nitrogens with two attached hydrogens (primary N) is 1. The molecule has 2 atom stereocenters. The molecule has 0 saturated carbocycles. The lowest BCUT2D eigenvalue weighted by molar-refractivity contribution is -0.136. The molecule has 0 aliphatic carbocycles. The monoisotopic (exact) mass is 362 g/mol. The van der Waals surface area contributed by atoms with E-state index in [2.05, 4.69) is 5.32 Å². The van der Waals surface area contributed by atoms with Gasteiger partial charge >= 0.3 is 12.1 Å². The van der Waals surface area contributed by atoms with Gasteiger partial charge in [-0.3, -0.25) is 15.0 Å². The lowest BCUT2D eigenvalue weighted by Crippen LogP contribution is -2.43. The minimum absolute atomic E-state index is 0.0266. The van der Waals surface area contributed by atoms with Crippen molar-refractivity contribution in [3.05, 3.63) is 35.4 Å². The lowest BCUT2D eigenvalue weighted by atomic mass is 9.95. The van der Waals surface area contributed by atoms with Crippen LogP contribution in [0, 0.1) is 5.41 Å². The number of nitrogens with one attached hydrogen (secondary N) is 2. The van der Waals surface area contributed by atoms with Gasteiger partial charge in [0.05, 0.1) is 18.9 Å².